The summed E-state index contributed by atoms with van der Waals surface area (Å²) in [4.78, 5) is 0. The highest BCUT2D eigenvalue weighted by atomic mass is 16.5. The van der Waals surface area contributed by atoms with Crippen LogP contribution in [-0.4, -0.2) is 18.8 Å². The summed E-state index contributed by atoms with van der Waals surface area (Å²) in [7, 11) is 1.70. The lowest BCUT2D eigenvalue weighted by Gasteiger charge is -2.29. The minimum Gasteiger partial charge on any atom is -0.508 e. The summed E-state index contributed by atoms with van der Waals surface area (Å²) in [5, 5.41) is 9.57. The van der Waals surface area contributed by atoms with Crippen molar-refractivity contribution in [2.45, 2.75) is 18.3 Å². The highest BCUT2D eigenvalue weighted by Crippen LogP contribution is 2.50. The van der Waals surface area contributed by atoms with Crippen LogP contribution in [0.1, 0.15) is 28.5 Å². The second-order valence-electron chi connectivity index (χ2n) is 5.51. The molecule has 2 atom stereocenters. The zero-order chi connectivity index (χ0) is 13.7. The molecule has 0 saturated carbocycles. The van der Waals surface area contributed by atoms with E-state index < -0.39 is 0 Å². The van der Waals surface area contributed by atoms with E-state index in [4.69, 9.17) is 9.47 Å². The molecule has 3 heteroatoms. The Kier molecular flexibility index (Phi) is 2.43. The van der Waals surface area contributed by atoms with Crippen LogP contribution in [0.3, 0.4) is 0 Å². The van der Waals surface area contributed by atoms with Crippen molar-refractivity contribution in [3.8, 4) is 17.2 Å². The largest absolute Gasteiger partial charge is 0.508 e. The molecule has 0 aromatic heterocycles. The summed E-state index contributed by atoms with van der Waals surface area (Å²) < 4.78 is 11.2. The van der Waals surface area contributed by atoms with Crippen LogP contribution in [0, 0.1) is 0 Å². The van der Waals surface area contributed by atoms with Gasteiger partial charge >= 0.3 is 0 Å². The van der Waals surface area contributed by atoms with Gasteiger partial charge < -0.3 is 14.6 Å². The van der Waals surface area contributed by atoms with Gasteiger partial charge in [0.15, 0.2) is 0 Å². The Balaban J connectivity index is 1.78. The van der Waals surface area contributed by atoms with E-state index >= 15 is 0 Å². The predicted octanol–water partition coefficient (Wildman–Crippen LogP) is 3.22. The van der Waals surface area contributed by atoms with E-state index in [1.807, 2.05) is 12.1 Å². The summed E-state index contributed by atoms with van der Waals surface area (Å²) in [5.41, 5.74) is 3.92. The van der Waals surface area contributed by atoms with Crippen molar-refractivity contribution >= 4 is 0 Å². The van der Waals surface area contributed by atoms with Crippen molar-refractivity contribution in [2.75, 3.05) is 13.7 Å². The van der Waals surface area contributed by atoms with Gasteiger partial charge in [0.05, 0.1) is 13.7 Å². The first-order chi connectivity index (χ1) is 9.76. The molecule has 1 aliphatic carbocycles. The van der Waals surface area contributed by atoms with Crippen LogP contribution in [0.5, 0.6) is 17.2 Å². The van der Waals surface area contributed by atoms with Gasteiger partial charge in [-0.2, -0.15) is 0 Å². The molecule has 0 bridgehead atoms. The number of benzene rings is 2. The van der Waals surface area contributed by atoms with Crippen LogP contribution in [0.4, 0.5) is 0 Å². The molecular weight excluding hydrogens is 252 g/mol. The molecule has 0 spiro atoms. The highest BCUT2D eigenvalue weighted by molar-refractivity contribution is 5.52. The Bertz CT molecular complexity index is 678. The molecule has 2 aliphatic rings. The molecule has 0 amide bonds. The van der Waals surface area contributed by atoms with Gasteiger partial charge in [-0.05, 0) is 41.3 Å². The molecule has 0 fully saturated rings. The molecule has 3 nitrogen and oxygen atoms in total. The zero-order valence-corrected chi connectivity index (χ0v) is 11.3. The number of hydrogen-bond donors (Lipinski definition) is 1. The Morgan fingerprint density at radius 1 is 1.10 bits per heavy atom. The first-order valence-corrected chi connectivity index (χ1v) is 6.89. The third-order valence-corrected chi connectivity index (χ3v) is 4.49. The van der Waals surface area contributed by atoms with Gasteiger partial charge in [0.25, 0.3) is 0 Å². The monoisotopic (exact) mass is 268 g/mol. The average molecular weight is 268 g/mol. The van der Waals surface area contributed by atoms with E-state index in [9.17, 15) is 5.11 Å². The van der Waals surface area contributed by atoms with Crippen LogP contribution in [0.25, 0.3) is 0 Å². The Labute approximate surface area is 117 Å². The maximum Gasteiger partial charge on any atom is 0.126 e. The second-order valence-corrected chi connectivity index (χ2v) is 5.51. The standard InChI is InChI=1S/C17H16O3/c1-19-12-3-5-13-10(6-12)7-15-14-4-2-11(18)8-17(14)20-9-16(13)15/h2-6,8,15-16,18H,7,9H2,1H3/t15-,16-/m1/s1. The maximum atomic E-state index is 9.57. The van der Waals surface area contributed by atoms with Crippen LogP contribution < -0.4 is 9.47 Å². The average Bonchev–Trinajstić information content (AvgIpc) is 2.84. The maximum absolute atomic E-state index is 9.57. The Morgan fingerprint density at radius 3 is 2.80 bits per heavy atom. The van der Waals surface area contributed by atoms with Gasteiger partial charge in [-0.3, -0.25) is 0 Å². The third kappa shape index (κ3) is 1.59. The SMILES string of the molecule is COc1ccc2c(c1)C[C@@H]1c3ccc(O)cc3OC[C@H]21. The highest BCUT2D eigenvalue weighted by Gasteiger charge is 2.38. The molecule has 0 saturated heterocycles. The van der Waals surface area contributed by atoms with Crippen molar-refractivity contribution in [2.24, 2.45) is 0 Å². The molecule has 2 aromatic carbocycles. The number of aromatic hydroxyl groups is 1. The molecule has 20 heavy (non-hydrogen) atoms. The molecule has 0 unspecified atom stereocenters. The van der Waals surface area contributed by atoms with E-state index in [1.165, 1.54) is 16.7 Å². The topological polar surface area (TPSA) is 38.7 Å². The van der Waals surface area contributed by atoms with E-state index in [-0.39, 0.29) is 5.75 Å². The number of ether oxygens (including phenoxy) is 2. The molecule has 2 aromatic rings. The molecular formula is C17H16O3. The van der Waals surface area contributed by atoms with E-state index in [0.717, 1.165) is 17.9 Å². The summed E-state index contributed by atoms with van der Waals surface area (Å²) in [5.74, 6) is 2.86. The van der Waals surface area contributed by atoms with Crippen LogP contribution >= 0.6 is 0 Å². The van der Waals surface area contributed by atoms with Gasteiger partial charge in [-0.15, -0.1) is 0 Å². The minimum absolute atomic E-state index is 0.263. The van der Waals surface area contributed by atoms with Gasteiger partial charge in [0.2, 0.25) is 0 Å². The lowest BCUT2D eigenvalue weighted by Crippen LogP contribution is -2.21. The minimum atomic E-state index is 0.263. The summed E-state index contributed by atoms with van der Waals surface area (Å²) in [6.07, 6.45) is 1.01. The van der Waals surface area contributed by atoms with Crippen LogP contribution in [0.15, 0.2) is 36.4 Å². The third-order valence-electron chi connectivity index (χ3n) is 4.49. The number of methoxy groups -OCH3 is 1. The smallest absolute Gasteiger partial charge is 0.126 e. The summed E-state index contributed by atoms with van der Waals surface area (Å²) in [6.45, 7) is 0.681. The number of phenols is 1. The van der Waals surface area contributed by atoms with Crippen molar-refractivity contribution in [1.82, 2.24) is 0 Å². The second kappa shape index (κ2) is 4.17. The van der Waals surface area contributed by atoms with E-state index in [0.29, 0.717) is 18.4 Å². The Morgan fingerprint density at radius 2 is 1.95 bits per heavy atom. The van der Waals surface area contributed by atoms with Crippen molar-refractivity contribution in [3.63, 3.8) is 0 Å². The van der Waals surface area contributed by atoms with Crippen LogP contribution in [0.2, 0.25) is 0 Å². The number of rotatable bonds is 1. The molecule has 1 heterocycles. The van der Waals surface area contributed by atoms with Gasteiger partial charge in [0.1, 0.15) is 17.2 Å². The predicted molar refractivity (Wildman–Crippen MR) is 75.8 cm³/mol. The molecule has 1 N–H and O–H groups in total. The summed E-state index contributed by atoms with van der Waals surface area (Å²) in [6, 6.07) is 11.8. The molecule has 1 aliphatic heterocycles. The first-order valence-electron chi connectivity index (χ1n) is 6.89. The molecule has 102 valence electrons. The van der Waals surface area contributed by atoms with Gasteiger partial charge in [-0.1, -0.05) is 12.1 Å². The zero-order valence-electron chi connectivity index (χ0n) is 11.3. The van der Waals surface area contributed by atoms with Crippen LogP contribution in [-0.2, 0) is 6.42 Å². The normalized spacial score (nSPS) is 22.4. The molecule has 4 rings (SSSR count). The van der Waals surface area contributed by atoms with Crippen molar-refractivity contribution in [3.05, 3.63) is 53.1 Å². The van der Waals surface area contributed by atoms with Gasteiger partial charge in [0, 0.05) is 17.9 Å². The van der Waals surface area contributed by atoms with E-state index in [2.05, 4.69) is 12.1 Å². The number of fused-ring (bicyclic) bond motifs is 5. The number of hydrogen-bond acceptors (Lipinski definition) is 3. The lowest BCUT2D eigenvalue weighted by molar-refractivity contribution is 0.245. The first kappa shape index (κ1) is 11.6. The lowest BCUT2D eigenvalue weighted by atomic mass is 9.85. The Hall–Kier alpha value is -2.16. The van der Waals surface area contributed by atoms with E-state index in [1.54, 1.807) is 19.2 Å². The fourth-order valence-electron chi connectivity index (χ4n) is 3.51. The number of phenolic OH excluding ortho intramolecular Hbond substituents is 1. The fourth-order valence-corrected chi connectivity index (χ4v) is 3.51. The summed E-state index contributed by atoms with van der Waals surface area (Å²) >= 11 is 0. The van der Waals surface area contributed by atoms with Gasteiger partial charge in [-0.25, -0.2) is 0 Å². The van der Waals surface area contributed by atoms with Crippen molar-refractivity contribution in [1.29, 1.82) is 0 Å². The molecule has 0 radical (unpaired) electrons. The fraction of sp³-hybridized carbons (Fsp3) is 0.294. The quantitative estimate of drug-likeness (QED) is 0.863. The van der Waals surface area contributed by atoms with Crippen molar-refractivity contribution < 1.29 is 14.6 Å².